The number of hydrogen-bond acceptors (Lipinski definition) is 5. The monoisotopic (exact) mass is 382 g/mol. The van der Waals surface area contributed by atoms with Crippen molar-refractivity contribution in [3.63, 3.8) is 0 Å². The van der Waals surface area contributed by atoms with E-state index < -0.39 is 5.41 Å². The van der Waals surface area contributed by atoms with Gasteiger partial charge >= 0.3 is 0 Å². The average molecular weight is 382 g/mol. The molecule has 1 aliphatic carbocycles. The van der Waals surface area contributed by atoms with Gasteiger partial charge in [-0.1, -0.05) is 12.1 Å². The van der Waals surface area contributed by atoms with Gasteiger partial charge in [-0.3, -0.25) is 9.59 Å². The van der Waals surface area contributed by atoms with Gasteiger partial charge in [-0.05, 0) is 49.1 Å². The number of amides is 2. The van der Waals surface area contributed by atoms with Gasteiger partial charge in [-0.2, -0.15) is 0 Å². The first kappa shape index (κ1) is 18.2. The van der Waals surface area contributed by atoms with Gasteiger partial charge in [0.15, 0.2) is 11.5 Å². The second-order valence-electron chi connectivity index (χ2n) is 6.96. The Labute approximate surface area is 163 Å². The van der Waals surface area contributed by atoms with Gasteiger partial charge in [0, 0.05) is 18.3 Å². The summed E-state index contributed by atoms with van der Waals surface area (Å²) in [5, 5.41) is 5.72. The van der Waals surface area contributed by atoms with Gasteiger partial charge in [0.05, 0.1) is 7.11 Å². The van der Waals surface area contributed by atoms with E-state index in [1.165, 1.54) is 0 Å². The topological polar surface area (TPSA) is 85.9 Å². The fourth-order valence-corrected chi connectivity index (χ4v) is 3.22. The summed E-state index contributed by atoms with van der Waals surface area (Å²) in [6.07, 6.45) is 1.77. The molecule has 0 bridgehead atoms. The first-order chi connectivity index (χ1) is 13.6. The van der Waals surface area contributed by atoms with Crippen molar-refractivity contribution in [2.24, 2.45) is 5.41 Å². The number of fused-ring (bicyclic) bond motifs is 1. The normalized spacial score (nSPS) is 15.6. The zero-order valence-electron chi connectivity index (χ0n) is 15.6. The van der Waals surface area contributed by atoms with Crippen molar-refractivity contribution >= 4 is 17.5 Å². The summed E-state index contributed by atoms with van der Waals surface area (Å²) in [6, 6.07) is 12.9. The van der Waals surface area contributed by atoms with Crippen LogP contribution in [0.25, 0.3) is 0 Å². The molecule has 1 heterocycles. The molecule has 0 aromatic heterocycles. The quantitative estimate of drug-likeness (QED) is 0.719. The molecule has 0 unspecified atom stereocenters. The van der Waals surface area contributed by atoms with Crippen molar-refractivity contribution in [2.45, 2.75) is 19.3 Å². The molecule has 0 spiro atoms. The lowest BCUT2D eigenvalue weighted by Crippen LogP contribution is -2.40. The van der Waals surface area contributed by atoms with Crippen LogP contribution in [-0.4, -0.2) is 32.3 Å². The molecule has 2 aliphatic rings. The van der Waals surface area contributed by atoms with Crippen LogP contribution in [0.1, 0.15) is 18.4 Å². The molecule has 2 aromatic rings. The van der Waals surface area contributed by atoms with E-state index in [2.05, 4.69) is 10.6 Å². The van der Waals surface area contributed by atoms with Gasteiger partial charge in [0.25, 0.3) is 0 Å². The van der Waals surface area contributed by atoms with Crippen LogP contribution < -0.4 is 24.8 Å². The summed E-state index contributed by atoms with van der Waals surface area (Å²) in [7, 11) is 1.62. The molecule has 7 nitrogen and oxygen atoms in total. The van der Waals surface area contributed by atoms with Crippen LogP contribution in [0.3, 0.4) is 0 Å². The Morgan fingerprint density at radius 2 is 1.89 bits per heavy atom. The van der Waals surface area contributed by atoms with Gasteiger partial charge in [-0.25, -0.2) is 0 Å². The molecule has 1 aliphatic heterocycles. The van der Waals surface area contributed by atoms with Crippen molar-refractivity contribution in [1.82, 2.24) is 5.32 Å². The van der Waals surface area contributed by atoms with Crippen LogP contribution in [0.5, 0.6) is 17.2 Å². The van der Waals surface area contributed by atoms with Gasteiger partial charge in [0.2, 0.25) is 18.6 Å². The molecule has 0 atom stereocenters. The van der Waals surface area contributed by atoms with E-state index in [1.807, 2.05) is 24.3 Å². The van der Waals surface area contributed by atoms with E-state index in [4.69, 9.17) is 14.2 Å². The maximum Gasteiger partial charge on any atom is 0.240 e. The number of benzene rings is 2. The SMILES string of the molecule is COc1cccc(CCNC(=O)C2(C(=O)Nc3ccc4c(c3)OCO4)CC2)c1. The van der Waals surface area contributed by atoms with E-state index in [0.717, 1.165) is 11.3 Å². The maximum absolute atomic E-state index is 12.7. The molecule has 4 rings (SSSR count). The second kappa shape index (κ2) is 7.42. The molecular weight excluding hydrogens is 360 g/mol. The molecule has 28 heavy (non-hydrogen) atoms. The van der Waals surface area contributed by atoms with Crippen molar-refractivity contribution < 1.29 is 23.8 Å². The van der Waals surface area contributed by atoms with E-state index in [1.54, 1.807) is 25.3 Å². The van der Waals surface area contributed by atoms with Crippen molar-refractivity contribution in [1.29, 1.82) is 0 Å². The predicted molar refractivity (Wildman–Crippen MR) is 103 cm³/mol. The smallest absolute Gasteiger partial charge is 0.240 e. The number of rotatable bonds is 7. The van der Waals surface area contributed by atoms with E-state index >= 15 is 0 Å². The lowest BCUT2D eigenvalue weighted by Gasteiger charge is -2.16. The number of hydrogen-bond donors (Lipinski definition) is 2. The minimum atomic E-state index is -0.981. The van der Waals surface area contributed by atoms with E-state index in [0.29, 0.717) is 43.0 Å². The Balaban J connectivity index is 1.32. The summed E-state index contributed by atoms with van der Waals surface area (Å²) >= 11 is 0. The number of nitrogens with one attached hydrogen (secondary N) is 2. The first-order valence-corrected chi connectivity index (χ1v) is 9.23. The Morgan fingerprint density at radius 1 is 1.07 bits per heavy atom. The number of methoxy groups -OCH3 is 1. The molecule has 1 saturated carbocycles. The van der Waals surface area contributed by atoms with Gasteiger partial charge in [-0.15, -0.1) is 0 Å². The van der Waals surface area contributed by atoms with E-state index in [9.17, 15) is 9.59 Å². The Kier molecular flexibility index (Phi) is 4.81. The maximum atomic E-state index is 12.7. The summed E-state index contributed by atoms with van der Waals surface area (Å²) in [4.78, 5) is 25.3. The van der Waals surface area contributed by atoms with Gasteiger partial charge in [0.1, 0.15) is 11.2 Å². The molecular formula is C21H22N2O5. The third-order valence-electron chi connectivity index (χ3n) is 5.08. The standard InChI is InChI=1S/C21H22N2O5/c1-26-16-4-2-3-14(11-16)7-10-22-19(24)21(8-9-21)20(25)23-15-5-6-17-18(12-15)28-13-27-17/h2-6,11-12H,7-10,13H2,1H3,(H,22,24)(H,23,25). The van der Waals surface area contributed by atoms with Crippen molar-refractivity contribution in [3.8, 4) is 17.2 Å². The summed E-state index contributed by atoms with van der Waals surface area (Å²) in [6.45, 7) is 0.636. The van der Waals surface area contributed by atoms with Gasteiger partial charge < -0.3 is 24.8 Å². The predicted octanol–water partition coefficient (Wildman–Crippen LogP) is 2.50. The van der Waals surface area contributed by atoms with Crippen LogP contribution in [-0.2, 0) is 16.0 Å². The highest BCUT2D eigenvalue weighted by molar-refractivity contribution is 6.13. The number of carbonyl (C=O) groups excluding carboxylic acids is 2. The zero-order chi connectivity index (χ0) is 19.6. The number of anilines is 1. The van der Waals surface area contributed by atoms with Crippen molar-refractivity contribution in [2.75, 3.05) is 25.8 Å². The van der Waals surface area contributed by atoms with Crippen LogP contribution >= 0.6 is 0 Å². The molecule has 2 N–H and O–H groups in total. The molecule has 7 heteroatoms. The van der Waals surface area contributed by atoms with Crippen LogP contribution in [0, 0.1) is 5.41 Å². The lowest BCUT2D eigenvalue weighted by molar-refractivity contribution is -0.134. The molecule has 1 fully saturated rings. The highest BCUT2D eigenvalue weighted by atomic mass is 16.7. The first-order valence-electron chi connectivity index (χ1n) is 9.23. The van der Waals surface area contributed by atoms with Crippen LogP contribution in [0.4, 0.5) is 5.69 Å². The fourth-order valence-electron chi connectivity index (χ4n) is 3.22. The summed E-state index contributed by atoms with van der Waals surface area (Å²) < 4.78 is 15.8. The molecule has 2 aromatic carbocycles. The Morgan fingerprint density at radius 3 is 2.68 bits per heavy atom. The summed E-state index contributed by atoms with van der Waals surface area (Å²) in [5.74, 6) is 1.50. The van der Waals surface area contributed by atoms with Crippen molar-refractivity contribution in [3.05, 3.63) is 48.0 Å². The molecule has 0 radical (unpaired) electrons. The Hall–Kier alpha value is -3.22. The largest absolute Gasteiger partial charge is 0.497 e. The van der Waals surface area contributed by atoms with Crippen LogP contribution in [0.15, 0.2) is 42.5 Å². The van der Waals surface area contributed by atoms with E-state index in [-0.39, 0.29) is 18.6 Å². The zero-order valence-corrected chi connectivity index (χ0v) is 15.6. The highest BCUT2D eigenvalue weighted by Crippen LogP contribution is 2.47. The lowest BCUT2D eigenvalue weighted by atomic mass is 10.0. The highest BCUT2D eigenvalue weighted by Gasteiger charge is 2.56. The minimum absolute atomic E-state index is 0.173. The van der Waals surface area contributed by atoms with Crippen LogP contribution in [0.2, 0.25) is 0 Å². The number of ether oxygens (including phenoxy) is 3. The molecule has 0 saturated heterocycles. The molecule has 2 amide bonds. The number of carbonyl (C=O) groups is 2. The molecule has 146 valence electrons. The summed E-state index contributed by atoms with van der Waals surface area (Å²) in [5.41, 5.74) is 0.670. The second-order valence-corrected chi connectivity index (χ2v) is 6.96. The average Bonchev–Trinajstić information content (AvgIpc) is 3.40. The third kappa shape index (κ3) is 3.60. The minimum Gasteiger partial charge on any atom is -0.497 e. The Bertz CT molecular complexity index is 907. The fraction of sp³-hybridized carbons (Fsp3) is 0.333. The third-order valence-corrected chi connectivity index (χ3v) is 5.08.